The van der Waals surface area contributed by atoms with Crippen molar-refractivity contribution in [2.24, 2.45) is 0 Å². The molecule has 0 heterocycles. The highest BCUT2D eigenvalue weighted by Crippen LogP contribution is 2.26. The number of rotatable bonds is 11. The van der Waals surface area contributed by atoms with E-state index in [-0.39, 0.29) is 4.90 Å². The molecule has 5 nitrogen and oxygen atoms in total. The minimum absolute atomic E-state index is 0.0670. The van der Waals surface area contributed by atoms with Crippen LogP contribution in [0.15, 0.2) is 83.8 Å². The lowest BCUT2D eigenvalue weighted by molar-refractivity contribution is -0.113. The van der Waals surface area contributed by atoms with Crippen molar-refractivity contribution in [3.8, 4) is 5.75 Å². The Morgan fingerprint density at radius 2 is 1.54 bits per heavy atom. The molecule has 0 aromatic heterocycles. The van der Waals surface area contributed by atoms with Gasteiger partial charge in [-0.15, -0.1) is 0 Å². The molecule has 0 saturated heterocycles. The van der Waals surface area contributed by atoms with Crippen molar-refractivity contribution in [1.82, 2.24) is 0 Å². The molecule has 35 heavy (non-hydrogen) atoms. The van der Waals surface area contributed by atoms with Gasteiger partial charge in [-0.25, -0.2) is 8.42 Å². The van der Waals surface area contributed by atoms with E-state index in [0.29, 0.717) is 12.3 Å². The molecule has 184 valence electrons. The van der Waals surface area contributed by atoms with E-state index in [0.717, 1.165) is 52.4 Å². The fourth-order valence-electron chi connectivity index (χ4n) is 3.51. The number of ether oxygens (including phenoxy) is 1. The Morgan fingerprint density at radius 3 is 2.14 bits per heavy atom. The van der Waals surface area contributed by atoms with Crippen molar-refractivity contribution < 1.29 is 17.9 Å². The quantitative estimate of drug-likeness (QED) is 0.285. The Morgan fingerprint density at radius 1 is 0.886 bits per heavy atom. The maximum absolute atomic E-state index is 13.6. The van der Waals surface area contributed by atoms with Crippen LogP contribution in [0.1, 0.15) is 49.8 Å². The van der Waals surface area contributed by atoms with Gasteiger partial charge < -0.3 is 4.74 Å². The summed E-state index contributed by atoms with van der Waals surface area (Å²) in [5.41, 5.74) is 3.12. The summed E-state index contributed by atoms with van der Waals surface area (Å²) >= 11 is 0. The largest absolute Gasteiger partial charge is 0.494 e. The molecule has 0 aliphatic heterocycles. The first-order chi connectivity index (χ1) is 16.8. The minimum Gasteiger partial charge on any atom is -0.494 e. The predicted octanol–water partition coefficient (Wildman–Crippen LogP) is 6.56. The summed E-state index contributed by atoms with van der Waals surface area (Å²) < 4.78 is 33.6. The van der Waals surface area contributed by atoms with Crippen LogP contribution in [0.4, 0.5) is 5.69 Å². The molecule has 3 rings (SSSR count). The molecule has 0 saturated carbocycles. The normalized spacial score (nSPS) is 11.5. The molecule has 3 aromatic rings. The second kappa shape index (κ2) is 12.4. The van der Waals surface area contributed by atoms with Crippen LogP contribution in [0, 0.1) is 6.92 Å². The molecule has 1 amide bonds. The average Bonchev–Trinajstić information content (AvgIpc) is 2.86. The first-order valence-electron chi connectivity index (χ1n) is 12.0. The summed E-state index contributed by atoms with van der Waals surface area (Å²) in [7, 11) is -4.11. The van der Waals surface area contributed by atoms with Crippen LogP contribution in [-0.2, 0) is 21.2 Å². The maximum atomic E-state index is 13.6. The molecule has 6 heteroatoms. The molecule has 0 unspecified atom stereocenters. The van der Waals surface area contributed by atoms with Crippen molar-refractivity contribution in [3.63, 3.8) is 0 Å². The third-order valence-corrected chi connectivity index (χ3v) is 7.26. The van der Waals surface area contributed by atoms with Crippen LogP contribution in [0.5, 0.6) is 5.75 Å². The second-order valence-corrected chi connectivity index (χ2v) is 10.2. The Kier molecular flexibility index (Phi) is 9.26. The molecule has 0 fully saturated rings. The number of benzene rings is 3. The summed E-state index contributed by atoms with van der Waals surface area (Å²) in [4.78, 5) is 13.4. The zero-order valence-corrected chi connectivity index (χ0v) is 21.4. The number of hydrogen-bond acceptors (Lipinski definition) is 4. The molecule has 0 spiro atoms. The van der Waals surface area contributed by atoms with Gasteiger partial charge >= 0.3 is 0 Å². The van der Waals surface area contributed by atoms with Gasteiger partial charge in [0.15, 0.2) is 0 Å². The van der Waals surface area contributed by atoms with Gasteiger partial charge in [-0.3, -0.25) is 4.79 Å². The third-order valence-electron chi connectivity index (χ3n) is 5.52. The van der Waals surface area contributed by atoms with E-state index in [1.54, 1.807) is 30.3 Å². The number of unbranched alkanes of at least 4 members (excludes halogenated alkanes) is 1. The summed E-state index contributed by atoms with van der Waals surface area (Å²) in [5.74, 6) is 0.111. The highest BCUT2D eigenvalue weighted by molar-refractivity contribution is 7.93. The van der Waals surface area contributed by atoms with E-state index in [1.165, 1.54) is 18.2 Å². The molecular weight excluding hydrogens is 458 g/mol. The Balaban J connectivity index is 1.92. The summed E-state index contributed by atoms with van der Waals surface area (Å²) in [6, 6.07) is 21.0. The topological polar surface area (TPSA) is 63.7 Å². The number of sulfonamides is 1. The number of carbonyl (C=O) groups is 1. The van der Waals surface area contributed by atoms with Gasteiger partial charge in [0.05, 0.1) is 17.2 Å². The van der Waals surface area contributed by atoms with Crippen LogP contribution in [-0.4, -0.2) is 20.9 Å². The van der Waals surface area contributed by atoms with E-state index in [4.69, 9.17) is 4.74 Å². The first-order valence-corrected chi connectivity index (χ1v) is 13.4. The van der Waals surface area contributed by atoms with Gasteiger partial charge in [-0.2, -0.15) is 4.31 Å². The van der Waals surface area contributed by atoms with Crippen LogP contribution < -0.4 is 9.04 Å². The average molecular weight is 492 g/mol. The van der Waals surface area contributed by atoms with Crippen LogP contribution in [0.25, 0.3) is 6.08 Å². The fourth-order valence-corrected chi connectivity index (χ4v) is 4.90. The van der Waals surface area contributed by atoms with Gasteiger partial charge in [0.1, 0.15) is 5.75 Å². The molecule has 0 bridgehead atoms. The molecule has 0 N–H and O–H groups in total. The Bertz CT molecular complexity index is 1230. The lowest BCUT2D eigenvalue weighted by atomic mass is 10.1. The summed E-state index contributed by atoms with van der Waals surface area (Å²) in [5, 5.41) is 0. The van der Waals surface area contributed by atoms with E-state index in [9.17, 15) is 13.2 Å². The van der Waals surface area contributed by atoms with E-state index < -0.39 is 15.9 Å². The Labute approximate surface area is 209 Å². The zero-order valence-electron chi connectivity index (χ0n) is 20.6. The van der Waals surface area contributed by atoms with E-state index >= 15 is 0 Å². The van der Waals surface area contributed by atoms with Crippen molar-refractivity contribution in [1.29, 1.82) is 0 Å². The lowest BCUT2D eigenvalue weighted by Gasteiger charge is -2.22. The summed E-state index contributed by atoms with van der Waals surface area (Å²) in [6.45, 7) is 6.69. The van der Waals surface area contributed by atoms with Crippen molar-refractivity contribution in [2.45, 2.75) is 51.3 Å². The number of amides is 1. The highest BCUT2D eigenvalue weighted by Gasteiger charge is 2.29. The standard InChI is InChI=1S/C29H33NO4S/c1-4-6-7-24-10-15-26(16-11-24)30(35(32,33)28-19-8-23(3)9-20-28)29(31)21-14-25-12-17-27(18-13-25)34-22-5-2/h8-21H,4-7,22H2,1-3H3/b21-14+. The SMILES string of the molecule is CCCCc1ccc(N(C(=O)/C=C/c2ccc(OCCC)cc2)S(=O)(=O)c2ccc(C)cc2)cc1. The molecule has 0 aliphatic rings. The van der Waals surface area contributed by atoms with Gasteiger partial charge in [0, 0.05) is 6.08 Å². The molecule has 0 aliphatic carbocycles. The third kappa shape index (κ3) is 7.06. The van der Waals surface area contributed by atoms with E-state index in [2.05, 4.69) is 6.92 Å². The maximum Gasteiger partial charge on any atom is 0.271 e. The van der Waals surface area contributed by atoms with Crippen molar-refractivity contribution in [3.05, 3.63) is 95.6 Å². The minimum atomic E-state index is -4.11. The van der Waals surface area contributed by atoms with Gasteiger partial charge in [0.2, 0.25) is 0 Å². The monoisotopic (exact) mass is 491 g/mol. The van der Waals surface area contributed by atoms with Crippen LogP contribution >= 0.6 is 0 Å². The Hall–Kier alpha value is -3.38. The highest BCUT2D eigenvalue weighted by atomic mass is 32.2. The fraction of sp³-hybridized carbons (Fsp3) is 0.276. The van der Waals surface area contributed by atoms with Crippen molar-refractivity contribution >= 4 is 27.7 Å². The number of anilines is 1. The van der Waals surface area contributed by atoms with Crippen molar-refractivity contribution in [2.75, 3.05) is 10.9 Å². The molecule has 0 radical (unpaired) electrons. The number of carbonyl (C=O) groups excluding carboxylic acids is 1. The summed E-state index contributed by atoms with van der Waals surface area (Å²) in [6.07, 6.45) is 6.85. The lowest BCUT2D eigenvalue weighted by Crippen LogP contribution is -2.35. The van der Waals surface area contributed by atoms with Crippen LogP contribution in [0.2, 0.25) is 0 Å². The van der Waals surface area contributed by atoms with Crippen LogP contribution in [0.3, 0.4) is 0 Å². The number of aryl methyl sites for hydroxylation is 2. The van der Waals surface area contributed by atoms with Gasteiger partial charge in [-0.1, -0.05) is 62.2 Å². The smallest absolute Gasteiger partial charge is 0.271 e. The number of hydrogen-bond donors (Lipinski definition) is 0. The molecule has 3 aromatic carbocycles. The predicted molar refractivity (Wildman–Crippen MR) is 142 cm³/mol. The van der Waals surface area contributed by atoms with Gasteiger partial charge in [-0.05, 0) is 79.8 Å². The van der Waals surface area contributed by atoms with E-state index in [1.807, 2.05) is 50.2 Å². The molecule has 0 atom stereocenters. The zero-order chi connectivity index (χ0) is 25.3. The van der Waals surface area contributed by atoms with Gasteiger partial charge in [0.25, 0.3) is 15.9 Å². The number of nitrogens with zero attached hydrogens (tertiary/aromatic N) is 1. The first kappa shape index (κ1) is 26.2. The second-order valence-electron chi connectivity index (χ2n) is 8.44. The molecular formula is C29H33NO4S.